The average Bonchev–Trinajstić information content (AvgIpc) is 2.04. The Balaban J connectivity index is 3.12. The highest BCUT2D eigenvalue weighted by Gasteiger charge is 1.97. The molecule has 0 atom stereocenters. The van der Waals surface area contributed by atoms with Gasteiger partial charge in [0.1, 0.15) is 0 Å². The Morgan fingerprint density at radius 3 is 2.55 bits per heavy atom. The molecule has 3 radical (unpaired) electrons. The molecule has 0 aliphatic heterocycles. The van der Waals surface area contributed by atoms with Crippen LogP contribution in [-0.4, -0.2) is 17.3 Å². The Kier molecular flexibility index (Phi) is 2.49. The summed E-state index contributed by atoms with van der Waals surface area (Å²) in [5.74, 6) is 0. The monoisotopic (exact) mass is 160 g/mol. The molecule has 1 aromatic rings. The van der Waals surface area contributed by atoms with E-state index < -0.39 is 0 Å². The number of rotatable bonds is 2. The standard InChI is InChI=1S/C9H10NSi/c1-7(11)8-5-3-4-6-9(8)10-2/h3-6,10H,1H2,2H3. The molecule has 0 aliphatic carbocycles. The lowest BCUT2D eigenvalue weighted by Gasteiger charge is -2.06. The molecule has 0 heterocycles. The van der Waals surface area contributed by atoms with E-state index in [9.17, 15) is 0 Å². The maximum absolute atomic E-state index is 3.81. The van der Waals surface area contributed by atoms with Gasteiger partial charge in [-0.05, 0) is 11.6 Å². The van der Waals surface area contributed by atoms with Crippen LogP contribution in [0.5, 0.6) is 0 Å². The van der Waals surface area contributed by atoms with Crippen LogP contribution in [0.4, 0.5) is 5.69 Å². The van der Waals surface area contributed by atoms with Gasteiger partial charge in [-0.25, -0.2) is 0 Å². The normalized spacial score (nSPS) is 9.27. The smallest absolute Gasteiger partial charge is 0.0712 e. The maximum Gasteiger partial charge on any atom is 0.0712 e. The molecule has 2 heteroatoms. The molecule has 0 unspecified atom stereocenters. The summed E-state index contributed by atoms with van der Waals surface area (Å²) in [5, 5.41) is 3.98. The van der Waals surface area contributed by atoms with E-state index >= 15 is 0 Å². The SMILES string of the molecule is C=C([Si])c1ccccc1NC. The van der Waals surface area contributed by atoms with Crippen molar-refractivity contribution in [2.24, 2.45) is 0 Å². The van der Waals surface area contributed by atoms with Gasteiger partial charge >= 0.3 is 0 Å². The van der Waals surface area contributed by atoms with Crippen LogP contribution in [0.2, 0.25) is 0 Å². The molecule has 1 aromatic carbocycles. The second-order valence-corrected chi connectivity index (χ2v) is 2.88. The van der Waals surface area contributed by atoms with E-state index in [2.05, 4.69) is 22.1 Å². The first-order valence-electron chi connectivity index (χ1n) is 3.43. The van der Waals surface area contributed by atoms with Crippen molar-refractivity contribution in [3.05, 3.63) is 36.4 Å². The minimum atomic E-state index is 0.898. The van der Waals surface area contributed by atoms with Crippen LogP contribution in [0.25, 0.3) is 5.20 Å². The van der Waals surface area contributed by atoms with Crippen molar-refractivity contribution in [2.75, 3.05) is 12.4 Å². The Morgan fingerprint density at radius 2 is 2.09 bits per heavy atom. The molecular formula is C9H10NSi. The first-order valence-corrected chi connectivity index (χ1v) is 3.93. The van der Waals surface area contributed by atoms with Crippen molar-refractivity contribution in [2.45, 2.75) is 0 Å². The summed E-state index contributed by atoms with van der Waals surface area (Å²) < 4.78 is 0. The van der Waals surface area contributed by atoms with Gasteiger partial charge in [0.15, 0.2) is 0 Å². The highest BCUT2D eigenvalue weighted by molar-refractivity contribution is 6.42. The lowest BCUT2D eigenvalue weighted by Crippen LogP contribution is -1.93. The van der Waals surface area contributed by atoms with Gasteiger partial charge in [-0.15, -0.1) is 0 Å². The van der Waals surface area contributed by atoms with Gasteiger partial charge in [0.2, 0.25) is 0 Å². The lowest BCUT2D eigenvalue weighted by atomic mass is 10.2. The number of hydrogen-bond donors (Lipinski definition) is 1. The fraction of sp³-hybridized carbons (Fsp3) is 0.111. The molecule has 0 spiro atoms. The molecule has 1 nitrogen and oxygen atoms in total. The van der Waals surface area contributed by atoms with Crippen molar-refractivity contribution in [3.63, 3.8) is 0 Å². The van der Waals surface area contributed by atoms with E-state index in [0.717, 1.165) is 16.4 Å². The fourth-order valence-electron chi connectivity index (χ4n) is 0.964. The van der Waals surface area contributed by atoms with Crippen LogP contribution in [0, 0.1) is 0 Å². The molecule has 0 aromatic heterocycles. The third-order valence-corrected chi connectivity index (χ3v) is 1.79. The minimum Gasteiger partial charge on any atom is -0.388 e. The van der Waals surface area contributed by atoms with Gasteiger partial charge in [-0.3, -0.25) is 0 Å². The van der Waals surface area contributed by atoms with E-state index in [1.807, 2.05) is 31.3 Å². The zero-order chi connectivity index (χ0) is 8.27. The summed E-state index contributed by atoms with van der Waals surface area (Å²) in [6, 6.07) is 8.01. The fourth-order valence-corrected chi connectivity index (χ4v) is 1.18. The van der Waals surface area contributed by atoms with Gasteiger partial charge in [-0.2, -0.15) is 0 Å². The zero-order valence-corrected chi connectivity index (χ0v) is 7.52. The summed E-state index contributed by atoms with van der Waals surface area (Å²) in [7, 11) is 5.29. The summed E-state index contributed by atoms with van der Waals surface area (Å²) in [6.07, 6.45) is 0. The van der Waals surface area contributed by atoms with Gasteiger partial charge in [0.05, 0.1) is 10.2 Å². The van der Waals surface area contributed by atoms with Gasteiger partial charge in [-0.1, -0.05) is 30.0 Å². The predicted molar refractivity (Wildman–Crippen MR) is 50.8 cm³/mol. The molecule has 0 saturated carbocycles. The highest BCUT2D eigenvalue weighted by atomic mass is 28.1. The largest absolute Gasteiger partial charge is 0.388 e. The van der Waals surface area contributed by atoms with Crippen LogP contribution in [-0.2, 0) is 0 Å². The summed E-state index contributed by atoms with van der Waals surface area (Å²) in [6.45, 7) is 3.81. The van der Waals surface area contributed by atoms with Gasteiger partial charge in [0.25, 0.3) is 0 Å². The van der Waals surface area contributed by atoms with E-state index in [1.54, 1.807) is 0 Å². The highest BCUT2D eigenvalue weighted by Crippen LogP contribution is 2.19. The summed E-state index contributed by atoms with van der Waals surface area (Å²) >= 11 is 0. The van der Waals surface area contributed by atoms with Crippen molar-refractivity contribution in [1.82, 2.24) is 0 Å². The summed E-state index contributed by atoms with van der Waals surface area (Å²) in [4.78, 5) is 0. The Bertz CT molecular complexity index is 268. The predicted octanol–water partition coefficient (Wildman–Crippen LogP) is 1.87. The molecular weight excluding hydrogens is 150 g/mol. The molecule has 0 bridgehead atoms. The Labute approximate surface area is 70.6 Å². The summed E-state index contributed by atoms with van der Waals surface area (Å²) in [5.41, 5.74) is 2.19. The van der Waals surface area contributed by atoms with Crippen molar-refractivity contribution < 1.29 is 0 Å². The van der Waals surface area contributed by atoms with Crippen LogP contribution >= 0.6 is 0 Å². The molecule has 0 aliphatic rings. The van der Waals surface area contributed by atoms with E-state index in [1.165, 1.54) is 0 Å². The lowest BCUT2D eigenvalue weighted by molar-refractivity contribution is 1.49. The molecule has 0 saturated heterocycles. The number of anilines is 1. The molecule has 1 rings (SSSR count). The van der Waals surface area contributed by atoms with Crippen LogP contribution < -0.4 is 5.32 Å². The number of nitrogens with one attached hydrogen (secondary N) is 1. The third kappa shape index (κ3) is 1.71. The molecule has 55 valence electrons. The molecule has 1 N–H and O–H groups in total. The van der Waals surface area contributed by atoms with Gasteiger partial charge in [0, 0.05) is 12.7 Å². The van der Waals surface area contributed by atoms with Gasteiger partial charge < -0.3 is 5.32 Å². The quantitative estimate of drug-likeness (QED) is 0.651. The molecule has 11 heavy (non-hydrogen) atoms. The van der Waals surface area contributed by atoms with Crippen molar-refractivity contribution >= 4 is 21.1 Å². The van der Waals surface area contributed by atoms with E-state index in [0.29, 0.717) is 0 Å². The van der Waals surface area contributed by atoms with Crippen LogP contribution in [0.3, 0.4) is 0 Å². The maximum atomic E-state index is 3.81. The first kappa shape index (κ1) is 8.08. The van der Waals surface area contributed by atoms with E-state index in [-0.39, 0.29) is 0 Å². The van der Waals surface area contributed by atoms with Crippen molar-refractivity contribution in [3.8, 4) is 0 Å². The third-order valence-electron chi connectivity index (χ3n) is 1.52. The number of benzene rings is 1. The number of hydrogen-bond acceptors (Lipinski definition) is 1. The Hall–Kier alpha value is -1.02. The first-order chi connectivity index (χ1) is 5.25. The molecule has 0 fully saturated rings. The van der Waals surface area contributed by atoms with E-state index in [4.69, 9.17) is 0 Å². The average molecular weight is 160 g/mol. The molecule has 0 amide bonds. The topological polar surface area (TPSA) is 12.0 Å². The second-order valence-electron chi connectivity index (χ2n) is 2.27. The Morgan fingerprint density at radius 1 is 1.45 bits per heavy atom. The zero-order valence-electron chi connectivity index (χ0n) is 6.52. The second kappa shape index (κ2) is 3.39. The number of para-hydroxylation sites is 1. The minimum absolute atomic E-state index is 0.898. The van der Waals surface area contributed by atoms with Crippen LogP contribution in [0.1, 0.15) is 5.56 Å². The van der Waals surface area contributed by atoms with Crippen molar-refractivity contribution in [1.29, 1.82) is 0 Å². The van der Waals surface area contributed by atoms with Crippen LogP contribution in [0.15, 0.2) is 30.8 Å².